The largest absolute Gasteiger partial charge is 0.456 e. The highest BCUT2D eigenvalue weighted by atomic mass is 16.3. The molecule has 27 heavy (non-hydrogen) atoms. The lowest BCUT2D eigenvalue weighted by Crippen LogP contribution is -2.10. The maximum absolute atomic E-state index is 12.5. The Morgan fingerprint density at radius 2 is 1.85 bits per heavy atom. The van der Waals surface area contributed by atoms with Crippen molar-refractivity contribution in [1.29, 1.82) is 0 Å². The number of aryl methyl sites for hydroxylation is 3. The number of carbonyl (C=O) groups excluding carboxylic acids is 1. The minimum Gasteiger partial charge on any atom is -0.456 e. The van der Waals surface area contributed by atoms with Crippen LogP contribution in [0.3, 0.4) is 0 Å². The van der Waals surface area contributed by atoms with Gasteiger partial charge in [0.25, 0.3) is 5.91 Å². The summed E-state index contributed by atoms with van der Waals surface area (Å²) in [5.41, 5.74) is 6.61. The number of anilines is 1. The number of H-pyrrole nitrogens is 1. The van der Waals surface area contributed by atoms with Crippen molar-refractivity contribution in [2.24, 2.45) is 0 Å². The molecular weight excluding hydrogens is 338 g/mol. The van der Waals surface area contributed by atoms with E-state index in [0.717, 1.165) is 16.7 Å². The lowest BCUT2D eigenvalue weighted by Gasteiger charge is -2.10. The molecule has 0 aliphatic heterocycles. The van der Waals surface area contributed by atoms with Crippen molar-refractivity contribution in [2.75, 3.05) is 5.32 Å². The first-order valence-corrected chi connectivity index (χ1v) is 8.89. The molecule has 5 heteroatoms. The Kier molecular flexibility index (Phi) is 4.28. The molecule has 2 N–H and O–H groups in total. The quantitative estimate of drug-likeness (QED) is 0.543. The number of hydrogen-bond acceptors (Lipinski definition) is 3. The minimum atomic E-state index is -0.263. The number of rotatable bonds is 4. The first-order valence-electron chi connectivity index (χ1n) is 8.89. The van der Waals surface area contributed by atoms with E-state index >= 15 is 0 Å². The van der Waals surface area contributed by atoms with E-state index in [2.05, 4.69) is 48.4 Å². The van der Waals surface area contributed by atoms with E-state index in [1.165, 1.54) is 22.3 Å². The first kappa shape index (κ1) is 17.1. The highest BCUT2D eigenvalue weighted by Crippen LogP contribution is 2.22. The van der Waals surface area contributed by atoms with Gasteiger partial charge in [0.15, 0.2) is 5.76 Å². The number of carbonyl (C=O) groups is 1. The molecule has 2 heterocycles. The molecule has 136 valence electrons. The highest BCUT2D eigenvalue weighted by molar-refractivity contribution is 6.03. The number of fused-ring (bicyclic) bond motifs is 1. The molecule has 2 aromatic carbocycles. The summed E-state index contributed by atoms with van der Waals surface area (Å²) in [7, 11) is 0. The summed E-state index contributed by atoms with van der Waals surface area (Å²) >= 11 is 0. The second kappa shape index (κ2) is 6.76. The first-order chi connectivity index (χ1) is 13.0. The van der Waals surface area contributed by atoms with Crippen molar-refractivity contribution in [1.82, 2.24) is 10.2 Å². The third-order valence-corrected chi connectivity index (χ3v) is 4.77. The van der Waals surface area contributed by atoms with Crippen LogP contribution in [-0.2, 0) is 6.42 Å². The molecule has 0 saturated carbocycles. The number of furan rings is 1. The molecule has 0 aliphatic carbocycles. The lowest BCUT2D eigenvalue weighted by molar-refractivity contribution is 0.0995. The van der Waals surface area contributed by atoms with Gasteiger partial charge < -0.3 is 9.73 Å². The SMILES string of the molecule is Cc1cc(C)c(Cc2ccc(C(=O)Nc3ccc4[nH]ncc4c3)o2)c(C)c1. The molecular formula is C22H21N3O2. The van der Waals surface area contributed by atoms with Crippen molar-refractivity contribution in [3.05, 3.63) is 82.4 Å². The molecule has 0 saturated heterocycles. The van der Waals surface area contributed by atoms with Gasteiger partial charge >= 0.3 is 0 Å². The molecule has 0 aliphatic rings. The van der Waals surface area contributed by atoms with Crippen LogP contribution in [0.25, 0.3) is 10.9 Å². The summed E-state index contributed by atoms with van der Waals surface area (Å²) in [6.45, 7) is 6.32. The summed E-state index contributed by atoms with van der Waals surface area (Å²) in [5.74, 6) is 0.821. The third-order valence-electron chi connectivity index (χ3n) is 4.77. The van der Waals surface area contributed by atoms with Crippen LogP contribution in [0.15, 0.2) is 53.1 Å². The van der Waals surface area contributed by atoms with E-state index in [1.54, 1.807) is 12.3 Å². The molecule has 0 atom stereocenters. The molecule has 1 amide bonds. The Balaban J connectivity index is 1.51. The number of hydrogen-bond donors (Lipinski definition) is 2. The standard InChI is InChI=1S/C22H21N3O2/c1-13-8-14(2)19(15(3)9-13)11-18-5-7-21(27-18)22(26)24-17-4-6-20-16(10-17)12-23-25-20/h4-10,12H,11H2,1-3H3,(H,23,25)(H,24,26). The minimum absolute atomic E-state index is 0.263. The molecule has 0 unspecified atom stereocenters. The molecule has 5 nitrogen and oxygen atoms in total. The summed E-state index contributed by atoms with van der Waals surface area (Å²) in [6, 6.07) is 13.5. The van der Waals surface area contributed by atoms with Crippen LogP contribution in [0.5, 0.6) is 0 Å². The van der Waals surface area contributed by atoms with Crippen LogP contribution in [0.1, 0.15) is 38.6 Å². The fourth-order valence-corrected chi connectivity index (χ4v) is 3.47. The van der Waals surface area contributed by atoms with Crippen LogP contribution in [0.2, 0.25) is 0 Å². The molecule has 0 spiro atoms. The zero-order chi connectivity index (χ0) is 19.0. The topological polar surface area (TPSA) is 70.9 Å². The van der Waals surface area contributed by atoms with Crippen molar-refractivity contribution in [3.8, 4) is 0 Å². The third kappa shape index (κ3) is 3.49. The fourth-order valence-electron chi connectivity index (χ4n) is 3.47. The average Bonchev–Trinajstić information content (AvgIpc) is 3.27. The van der Waals surface area contributed by atoms with Crippen molar-refractivity contribution >= 4 is 22.5 Å². The Morgan fingerprint density at radius 1 is 1.07 bits per heavy atom. The Labute approximate surface area is 157 Å². The second-order valence-corrected chi connectivity index (χ2v) is 6.95. The molecule has 2 aromatic heterocycles. The summed E-state index contributed by atoms with van der Waals surface area (Å²) < 4.78 is 5.80. The zero-order valence-electron chi connectivity index (χ0n) is 15.6. The number of aromatic amines is 1. The second-order valence-electron chi connectivity index (χ2n) is 6.95. The van der Waals surface area contributed by atoms with E-state index in [9.17, 15) is 4.79 Å². The molecule has 4 aromatic rings. The van der Waals surface area contributed by atoms with Crippen molar-refractivity contribution < 1.29 is 9.21 Å². The van der Waals surface area contributed by atoms with E-state index in [0.29, 0.717) is 17.9 Å². The maximum atomic E-state index is 12.5. The highest BCUT2D eigenvalue weighted by Gasteiger charge is 2.14. The van der Waals surface area contributed by atoms with E-state index in [4.69, 9.17) is 4.42 Å². The maximum Gasteiger partial charge on any atom is 0.291 e. The van der Waals surface area contributed by atoms with E-state index in [-0.39, 0.29) is 5.91 Å². The van der Waals surface area contributed by atoms with E-state index in [1.807, 2.05) is 24.3 Å². The normalized spacial score (nSPS) is 11.1. The molecule has 4 rings (SSSR count). The van der Waals surface area contributed by atoms with Crippen LogP contribution < -0.4 is 5.32 Å². The summed E-state index contributed by atoms with van der Waals surface area (Å²) in [6.07, 6.45) is 2.40. The van der Waals surface area contributed by atoms with Crippen molar-refractivity contribution in [2.45, 2.75) is 27.2 Å². The van der Waals surface area contributed by atoms with Crippen LogP contribution >= 0.6 is 0 Å². The summed E-state index contributed by atoms with van der Waals surface area (Å²) in [4.78, 5) is 12.5. The lowest BCUT2D eigenvalue weighted by atomic mass is 9.97. The smallest absolute Gasteiger partial charge is 0.291 e. The number of aromatic nitrogens is 2. The van der Waals surface area contributed by atoms with Crippen LogP contribution in [-0.4, -0.2) is 16.1 Å². The van der Waals surface area contributed by atoms with Gasteiger partial charge in [0, 0.05) is 17.5 Å². The predicted octanol–water partition coefficient (Wildman–Crippen LogP) is 4.92. The van der Waals surface area contributed by atoms with Gasteiger partial charge in [-0.05, 0) is 67.8 Å². The van der Waals surface area contributed by atoms with Gasteiger partial charge in [-0.3, -0.25) is 9.89 Å². The van der Waals surface area contributed by atoms with Crippen LogP contribution in [0, 0.1) is 20.8 Å². The number of benzene rings is 2. The van der Waals surface area contributed by atoms with Gasteiger partial charge in [-0.2, -0.15) is 5.10 Å². The Bertz CT molecular complexity index is 1110. The number of nitrogens with zero attached hydrogens (tertiary/aromatic N) is 1. The Hall–Kier alpha value is -3.34. The molecule has 0 radical (unpaired) electrons. The fraction of sp³-hybridized carbons (Fsp3) is 0.182. The van der Waals surface area contributed by atoms with E-state index < -0.39 is 0 Å². The van der Waals surface area contributed by atoms with Gasteiger partial charge in [0.05, 0.1) is 11.7 Å². The average molecular weight is 359 g/mol. The monoisotopic (exact) mass is 359 g/mol. The Morgan fingerprint density at radius 3 is 2.63 bits per heavy atom. The van der Waals surface area contributed by atoms with Gasteiger partial charge in [0.1, 0.15) is 5.76 Å². The summed E-state index contributed by atoms with van der Waals surface area (Å²) in [5, 5.41) is 10.7. The molecule has 0 fully saturated rings. The molecule has 0 bridgehead atoms. The zero-order valence-corrected chi connectivity index (χ0v) is 15.6. The van der Waals surface area contributed by atoms with Gasteiger partial charge in [-0.15, -0.1) is 0 Å². The van der Waals surface area contributed by atoms with Gasteiger partial charge in [-0.25, -0.2) is 0 Å². The predicted molar refractivity (Wildman–Crippen MR) is 106 cm³/mol. The van der Waals surface area contributed by atoms with Crippen molar-refractivity contribution in [3.63, 3.8) is 0 Å². The number of amides is 1. The van der Waals surface area contributed by atoms with Gasteiger partial charge in [-0.1, -0.05) is 17.7 Å². The van der Waals surface area contributed by atoms with Gasteiger partial charge in [0.2, 0.25) is 0 Å². The van der Waals surface area contributed by atoms with Crippen LogP contribution in [0.4, 0.5) is 5.69 Å². The number of nitrogens with one attached hydrogen (secondary N) is 2.